The second-order valence-electron chi connectivity index (χ2n) is 3.52. The Morgan fingerprint density at radius 1 is 1.50 bits per heavy atom. The Morgan fingerprint density at radius 3 is 1.90 bits per heavy atom. The van der Waals surface area contributed by atoms with Crippen molar-refractivity contribution in [3.8, 4) is 0 Å². The van der Waals surface area contributed by atoms with Crippen LogP contribution in [0.25, 0.3) is 0 Å². The number of quaternary nitrogens is 1. The highest BCUT2D eigenvalue weighted by Crippen LogP contribution is 2.15. The smallest absolute Gasteiger partial charge is 0.362 e. The molecule has 0 aliphatic rings. The van der Waals surface area contributed by atoms with Crippen molar-refractivity contribution >= 4 is 5.97 Å². The normalized spacial score (nSPS) is 14.8. The van der Waals surface area contributed by atoms with Gasteiger partial charge in [0.15, 0.2) is 6.04 Å². The van der Waals surface area contributed by atoms with Gasteiger partial charge in [0, 0.05) is 5.41 Å². The predicted molar refractivity (Wildman–Crippen MR) is 38.7 cm³/mol. The summed E-state index contributed by atoms with van der Waals surface area (Å²) in [5.74, 6) is -0.741. The van der Waals surface area contributed by atoms with Crippen LogP contribution < -0.4 is 5.32 Å². The minimum atomic E-state index is -0.741. The van der Waals surface area contributed by atoms with Crippen LogP contribution in [0, 0.1) is 5.41 Å². The second-order valence-corrected chi connectivity index (χ2v) is 3.52. The second kappa shape index (κ2) is 3.01. The third-order valence-corrected chi connectivity index (χ3v) is 1.53. The summed E-state index contributed by atoms with van der Waals surface area (Å²) in [4.78, 5) is 10.5. The zero-order chi connectivity index (χ0) is 8.36. The van der Waals surface area contributed by atoms with E-state index in [1.807, 2.05) is 20.8 Å². The number of likely N-dealkylation sites (N-methyl/N-ethyl adjacent to an activating group) is 1. The molecule has 0 bridgehead atoms. The molecular weight excluding hydrogens is 130 g/mol. The van der Waals surface area contributed by atoms with Crippen LogP contribution in [0.4, 0.5) is 0 Å². The number of hydrogen-bond donors (Lipinski definition) is 2. The van der Waals surface area contributed by atoms with Crippen molar-refractivity contribution in [2.24, 2.45) is 5.41 Å². The van der Waals surface area contributed by atoms with Gasteiger partial charge in [-0.25, -0.2) is 4.79 Å². The molecule has 0 radical (unpaired) electrons. The van der Waals surface area contributed by atoms with Gasteiger partial charge in [-0.3, -0.25) is 0 Å². The lowest BCUT2D eigenvalue weighted by molar-refractivity contribution is -0.664. The highest BCUT2D eigenvalue weighted by atomic mass is 16.4. The quantitative estimate of drug-likeness (QED) is 0.561. The number of hydrogen-bond acceptors (Lipinski definition) is 1. The molecule has 0 amide bonds. The molecule has 0 aromatic rings. The van der Waals surface area contributed by atoms with Gasteiger partial charge in [-0.05, 0) is 0 Å². The molecule has 0 saturated heterocycles. The van der Waals surface area contributed by atoms with Gasteiger partial charge in [0.2, 0.25) is 0 Å². The molecule has 1 atom stereocenters. The van der Waals surface area contributed by atoms with Gasteiger partial charge < -0.3 is 10.4 Å². The summed E-state index contributed by atoms with van der Waals surface area (Å²) < 4.78 is 0. The van der Waals surface area contributed by atoms with Crippen molar-refractivity contribution in [1.29, 1.82) is 0 Å². The molecule has 3 heteroatoms. The Balaban J connectivity index is 4.22. The largest absolute Gasteiger partial charge is 0.477 e. The third kappa shape index (κ3) is 2.35. The van der Waals surface area contributed by atoms with Crippen LogP contribution in [-0.2, 0) is 4.79 Å². The lowest BCUT2D eigenvalue weighted by atomic mass is 9.87. The van der Waals surface area contributed by atoms with E-state index in [9.17, 15) is 4.79 Å². The molecule has 3 N–H and O–H groups in total. The number of carbonyl (C=O) groups is 1. The summed E-state index contributed by atoms with van der Waals surface area (Å²) in [7, 11) is 1.78. The van der Waals surface area contributed by atoms with Gasteiger partial charge in [-0.2, -0.15) is 0 Å². The van der Waals surface area contributed by atoms with E-state index in [4.69, 9.17) is 5.11 Å². The minimum absolute atomic E-state index is 0.166. The zero-order valence-electron chi connectivity index (χ0n) is 7.01. The van der Waals surface area contributed by atoms with Gasteiger partial charge >= 0.3 is 5.97 Å². The van der Waals surface area contributed by atoms with E-state index in [1.165, 1.54) is 0 Å². The molecular formula is C7H16NO2+. The monoisotopic (exact) mass is 146 g/mol. The maximum Gasteiger partial charge on any atom is 0.362 e. The summed E-state index contributed by atoms with van der Waals surface area (Å²) in [5, 5.41) is 10.4. The zero-order valence-corrected chi connectivity index (χ0v) is 7.01. The van der Waals surface area contributed by atoms with E-state index in [0.717, 1.165) is 0 Å². The Labute approximate surface area is 61.4 Å². The fraction of sp³-hybridized carbons (Fsp3) is 0.857. The highest BCUT2D eigenvalue weighted by Gasteiger charge is 2.32. The van der Waals surface area contributed by atoms with E-state index >= 15 is 0 Å². The molecule has 0 unspecified atom stereocenters. The van der Waals surface area contributed by atoms with Crippen LogP contribution in [0.3, 0.4) is 0 Å². The van der Waals surface area contributed by atoms with Crippen molar-refractivity contribution in [2.45, 2.75) is 26.8 Å². The Hall–Kier alpha value is -0.570. The molecule has 0 aliphatic heterocycles. The third-order valence-electron chi connectivity index (χ3n) is 1.53. The molecule has 10 heavy (non-hydrogen) atoms. The number of aliphatic carboxylic acids is 1. The van der Waals surface area contributed by atoms with Crippen LogP contribution in [0.1, 0.15) is 20.8 Å². The van der Waals surface area contributed by atoms with E-state index in [2.05, 4.69) is 0 Å². The van der Waals surface area contributed by atoms with Gasteiger partial charge in [-0.15, -0.1) is 0 Å². The topological polar surface area (TPSA) is 53.9 Å². The SMILES string of the molecule is C[NH2+][C@@H](C(=O)O)C(C)(C)C. The Morgan fingerprint density at radius 2 is 1.90 bits per heavy atom. The average Bonchev–Trinajstić information content (AvgIpc) is 1.60. The van der Waals surface area contributed by atoms with Gasteiger partial charge in [0.25, 0.3) is 0 Å². The van der Waals surface area contributed by atoms with Crippen LogP contribution in [0.2, 0.25) is 0 Å². The highest BCUT2D eigenvalue weighted by molar-refractivity contribution is 5.72. The fourth-order valence-corrected chi connectivity index (χ4v) is 1.01. The number of rotatable bonds is 2. The molecule has 60 valence electrons. The van der Waals surface area contributed by atoms with Crippen molar-refractivity contribution in [3.63, 3.8) is 0 Å². The standard InChI is InChI=1S/C7H15NO2/c1-7(2,3)5(8-4)6(9)10/h5,8H,1-4H3,(H,9,10)/p+1/t5-/m0/s1. The molecule has 0 spiro atoms. The van der Waals surface area contributed by atoms with E-state index in [0.29, 0.717) is 0 Å². The molecule has 0 aliphatic carbocycles. The van der Waals surface area contributed by atoms with Gasteiger partial charge in [0.05, 0.1) is 7.05 Å². The first-order chi connectivity index (χ1) is 4.39. The van der Waals surface area contributed by atoms with Crippen molar-refractivity contribution < 1.29 is 15.2 Å². The van der Waals surface area contributed by atoms with E-state index in [1.54, 1.807) is 12.4 Å². The van der Waals surface area contributed by atoms with Crippen LogP contribution in [0.15, 0.2) is 0 Å². The van der Waals surface area contributed by atoms with Crippen LogP contribution in [-0.4, -0.2) is 24.2 Å². The minimum Gasteiger partial charge on any atom is -0.477 e. The Bertz CT molecular complexity index is 126. The number of nitrogens with two attached hydrogens (primary N) is 1. The first-order valence-corrected chi connectivity index (χ1v) is 3.42. The maximum absolute atomic E-state index is 10.5. The summed E-state index contributed by atoms with van der Waals surface area (Å²) in [5.41, 5.74) is -0.166. The average molecular weight is 146 g/mol. The van der Waals surface area contributed by atoms with E-state index in [-0.39, 0.29) is 11.5 Å². The van der Waals surface area contributed by atoms with Crippen LogP contribution >= 0.6 is 0 Å². The molecule has 3 nitrogen and oxygen atoms in total. The first kappa shape index (κ1) is 9.43. The predicted octanol–water partition coefficient (Wildman–Crippen LogP) is -0.321. The van der Waals surface area contributed by atoms with Crippen molar-refractivity contribution in [1.82, 2.24) is 0 Å². The molecule has 0 aromatic heterocycles. The summed E-state index contributed by atoms with van der Waals surface area (Å²) in [6.07, 6.45) is 0. The fourth-order valence-electron chi connectivity index (χ4n) is 1.01. The van der Waals surface area contributed by atoms with Crippen molar-refractivity contribution in [2.75, 3.05) is 7.05 Å². The maximum atomic E-state index is 10.5. The summed E-state index contributed by atoms with van der Waals surface area (Å²) in [6, 6.07) is -0.340. The summed E-state index contributed by atoms with van der Waals surface area (Å²) >= 11 is 0. The molecule has 0 rings (SSSR count). The molecule has 0 heterocycles. The van der Waals surface area contributed by atoms with Gasteiger partial charge in [0.1, 0.15) is 0 Å². The molecule has 0 fully saturated rings. The van der Waals surface area contributed by atoms with Crippen LogP contribution in [0.5, 0.6) is 0 Å². The Kier molecular flexibility index (Phi) is 2.84. The van der Waals surface area contributed by atoms with Gasteiger partial charge in [-0.1, -0.05) is 20.8 Å². The first-order valence-electron chi connectivity index (χ1n) is 3.42. The van der Waals surface area contributed by atoms with E-state index < -0.39 is 5.97 Å². The summed E-state index contributed by atoms with van der Waals surface area (Å²) in [6.45, 7) is 5.77. The molecule has 0 aromatic carbocycles. The lowest BCUT2D eigenvalue weighted by Gasteiger charge is -2.22. The lowest BCUT2D eigenvalue weighted by Crippen LogP contribution is -2.91. The molecule has 0 saturated carbocycles. The van der Waals surface area contributed by atoms with Crippen molar-refractivity contribution in [3.05, 3.63) is 0 Å². The number of carboxylic acids is 1. The number of carboxylic acid groups (broad SMARTS) is 1.